The molecule has 1 aromatic heterocycles. The van der Waals surface area contributed by atoms with Gasteiger partial charge >= 0.3 is 0 Å². The number of hydrogen-bond donors (Lipinski definition) is 1. The number of anilines is 1. The summed E-state index contributed by atoms with van der Waals surface area (Å²) in [4.78, 5) is 16.2. The third-order valence-electron chi connectivity index (χ3n) is 3.01. The number of carbonyl (C=O) groups excluding carboxylic acids is 1. The first-order valence-corrected chi connectivity index (χ1v) is 7.04. The minimum absolute atomic E-state index is 0.102. The topological polar surface area (TPSA) is 51.2 Å². The van der Waals surface area contributed by atoms with E-state index >= 15 is 0 Å². The van der Waals surface area contributed by atoms with Gasteiger partial charge in [0.25, 0.3) is 0 Å². The lowest BCUT2D eigenvalue weighted by molar-refractivity contribution is -0.120. The lowest BCUT2D eigenvalue weighted by Crippen LogP contribution is -2.30. The molecule has 0 bridgehead atoms. The van der Waals surface area contributed by atoms with Crippen LogP contribution in [0.15, 0.2) is 29.0 Å². The van der Waals surface area contributed by atoms with Crippen molar-refractivity contribution < 1.29 is 9.53 Å². The monoisotopic (exact) mass is 344 g/mol. The lowest BCUT2D eigenvalue weighted by atomic mass is 9.96. The van der Waals surface area contributed by atoms with Crippen molar-refractivity contribution in [2.24, 2.45) is 5.92 Å². The second-order valence-electron chi connectivity index (χ2n) is 4.51. The zero-order chi connectivity index (χ0) is 14.0. The number of ether oxygens (including phenoxy) is 1. The largest absolute Gasteiger partial charge is 0.373 e. The van der Waals surface area contributed by atoms with Crippen molar-refractivity contribution in [1.82, 2.24) is 4.98 Å². The van der Waals surface area contributed by atoms with Crippen molar-refractivity contribution in [3.63, 3.8) is 0 Å². The van der Waals surface area contributed by atoms with Crippen molar-refractivity contribution >= 4 is 39.1 Å². The number of hydrogen-bond acceptors (Lipinski definition) is 3. The molecular formula is C13H14BrClN2O2. The molecule has 0 unspecified atom stereocenters. The Morgan fingerprint density at radius 3 is 3.05 bits per heavy atom. The smallest absolute Gasteiger partial charge is 0.230 e. The van der Waals surface area contributed by atoms with E-state index in [1.54, 1.807) is 6.20 Å². The van der Waals surface area contributed by atoms with Crippen LogP contribution in [0, 0.1) is 5.92 Å². The van der Waals surface area contributed by atoms with Crippen molar-refractivity contribution in [2.75, 3.05) is 11.9 Å². The number of aromatic nitrogens is 1. The highest BCUT2D eigenvalue weighted by Crippen LogP contribution is 2.31. The Labute approximate surface area is 125 Å². The van der Waals surface area contributed by atoms with Gasteiger partial charge in [-0.1, -0.05) is 23.8 Å². The van der Waals surface area contributed by atoms with E-state index in [9.17, 15) is 4.79 Å². The van der Waals surface area contributed by atoms with Crippen LogP contribution in [0.2, 0.25) is 5.02 Å². The van der Waals surface area contributed by atoms with Crippen LogP contribution in [0.25, 0.3) is 0 Å². The molecule has 1 amide bonds. The van der Waals surface area contributed by atoms with E-state index < -0.39 is 0 Å². The van der Waals surface area contributed by atoms with E-state index in [1.807, 2.05) is 6.92 Å². The number of nitrogens with one attached hydrogen (secondary N) is 1. The number of rotatable bonds is 3. The summed E-state index contributed by atoms with van der Waals surface area (Å²) < 4.78 is 6.15. The highest BCUT2D eigenvalue weighted by Gasteiger charge is 2.34. The van der Waals surface area contributed by atoms with Gasteiger partial charge in [-0.05, 0) is 29.3 Å². The predicted octanol–water partition coefficient (Wildman–Crippen LogP) is 3.42. The molecule has 102 valence electrons. The summed E-state index contributed by atoms with van der Waals surface area (Å²) in [6.07, 6.45) is 3.54. The maximum atomic E-state index is 12.3. The van der Waals surface area contributed by atoms with Crippen LogP contribution >= 0.6 is 27.5 Å². The summed E-state index contributed by atoms with van der Waals surface area (Å²) >= 11 is 9.26. The van der Waals surface area contributed by atoms with E-state index in [1.165, 1.54) is 6.20 Å². The molecule has 19 heavy (non-hydrogen) atoms. The van der Waals surface area contributed by atoms with E-state index in [0.717, 1.165) is 5.57 Å². The Morgan fingerprint density at radius 2 is 2.37 bits per heavy atom. The molecule has 0 radical (unpaired) electrons. The third kappa shape index (κ3) is 3.16. The quantitative estimate of drug-likeness (QED) is 0.854. The molecule has 2 atom stereocenters. The first-order valence-electron chi connectivity index (χ1n) is 5.87. The first-order chi connectivity index (χ1) is 9.00. The zero-order valence-electron chi connectivity index (χ0n) is 10.5. The van der Waals surface area contributed by atoms with Gasteiger partial charge < -0.3 is 10.1 Å². The highest BCUT2D eigenvalue weighted by molar-refractivity contribution is 9.10. The molecule has 1 fully saturated rings. The van der Waals surface area contributed by atoms with Crippen molar-refractivity contribution in [3.8, 4) is 0 Å². The molecule has 4 nitrogen and oxygen atoms in total. The molecular weight excluding hydrogens is 332 g/mol. The van der Waals surface area contributed by atoms with Crippen LogP contribution < -0.4 is 5.32 Å². The van der Waals surface area contributed by atoms with Crippen LogP contribution in [-0.2, 0) is 9.53 Å². The maximum Gasteiger partial charge on any atom is 0.230 e. The fraction of sp³-hybridized carbons (Fsp3) is 0.385. The molecule has 1 aliphatic rings. The predicted molar refractivity (Wildman–Crippen MR) is 78.2 cm³/mol. The second-order valence-corrected chi connectivity index (χ2v) is 5.71. The van der Waals surface area contributed by atoms with Gasteiger partial charge in [-0.2, -0.15) is 0 Å². The molecule has 0 spiro atoms. The summed E-state index contributed by atoms with van der Waals surface area (Å²) in [7, 11) is 0. The SMILES string of the molecule is C=C(C)[C@@H]1OCC[C@@H]1C(=O)Nc1cncc(Cl)c1Br. The normalized spacial score (nSPS) is 22.3. The first kappa shape index (κ1) is 14.5. The zero-order valence-corrected chi connectivity index (χ0v) is 12.8. The van der Waals surface area contributed by atoms with Gasteiger partial charge in [0, 0.05) is 12.8 Å². The summed E-state index contributed by atoms with van der Waals surface area (Å²) in [5.74, 6) is -0.321. The molecule has 2 rings (SSSR count). The minimum atomic E-state index is -0.219. The van der Waals surface area contributed by atoms with Crippen molar-refractivity contribution in [3.05, 3.63) is 34.0 Å². The Balaban J connectivity index is 2.13. The van der Waals surface area contributed by atoms with Crippen molar-refractivity contribution in [2.45, 2.75) is 19.4 Å². The summed E-state index contributed by atoms with van der Waals surface area (Å²) in [6, 6.07) is 0. The van der Waals surface area contributed by atoms with E-state index in [2.05, 4.69) is 32.8 Å². The van der Waals surface area contributed by atoms with Gasteiger partial charge in [-0.25, -0.2) is 0 Å². The van der Waals surface area contributed by atoms with E-state index in [-0.39, 0.29) is 17.9 Å². The number of halogens is 2. The molecule has 0 saturated carbocycles. The maximum absolute atomic E-state index is 12.3. The Kier molecular flexibility index (Phi) is 4.60. The summed E-state index contributed by atoms with van der Waals surface area (Å²) in [5.41, 5.74) is 1.42. The molecule has 0 aromatic carbocycles. The van der Waals surface area contributed by atoms with Crippen LogP contribution in [0.3, 0.4) is 0 Å². The Hall–Kier alpha value is -0.910. The number of nitrogens with zero attached hydrogens (tertiary/aromatic N) is 1. The average molecular weight is 346 g/mol. The van der Waals surface area contributed by atoms with Gasteiger partial charge in [0.05, 0.1) is 33.4 Å². The highest BCUT2D eigenvalue weighted by atomic mass is 79.9. The molecule has 2 heterocycles. The Bertz CT molecular complexity index is 521. The fourth-order valence-electron chi connectivity index (χ4n) is 2.08. The molecule has 6 heteroatoms. The van der Waals surface area contributed by atoms with Crippen molar-refractivity contribution in [1.29, 1.82) is 0 Å². The van der Waals surface area contributed by atoms with E-state index in [4.69, 9.17) is 16.3 Å². The number of carbonyl (C=O) groups is 1. The van der Waals surface area contributed by atoms with Gasteiger partial charge in [0.15, 0.2) is 0 Å². The van der Waals surface area contributed by atoms with Crippen LogP contribution in [-0.4, -0.2) is 23.6 Å². The molecule has 1 N–H and O–H groups in total. The number of pyridine rings is 1. The van der Waals surface area contributed by atoms with Gasteiger partial charge in [0.2, 0.25) is 5.91 Å². The van der Waals surface area contributed by atoms with Gasteiger partial charge in [-0.15, -0.1) is 0 Å². The fourth-order valence-corrected chi connectivity index (χ4v) is 2.54. The van der Waals surface area contributed by atoms with Crippen LogP contribution in [0.4, 0.5) is 5.69 Å². The van der Waals surface area contributed by atoms with Crippen LogP contribution in [0.5, 0.6) is 0 Å². The molecule has 1 aromatic rings. The third-order valence-corrected chi connectivity index (χ3v) is 4.38. The molecule has 1 saturated heterocycles. The standard InChI is InChI=1S/C13H14BrClN2O2/c1-7(2)12-8(3-4-19-12)13(18)17-10-6-16-5-9(15)11(10)14/h5-6,8,12H,1,3-4H2,2H3,(H,17,18)/t8-,12-/m0/s1. The van der Waals surface area contributed by atoms with Gasteiger partial charge in [-0.3, -0.25) is 9.78 Å². The molecule has 0 aliphatic carbocycles. The van der Waals surface area contributed by atoms with Crippen LogP contribution in [0.1, 0.15) is 13.3 Å². The van der Waals surface area contributed by atoms with E-state index in [0.29, 0.717) is 28.2 Å². The van der Waals surface area contributed by atoms with Gasteiger partial charge in [0.1, 0.15) is 0 Å². The number of amides is 1. The average Bonchev–Trinajstić information content (AvgIpc) is 2.84. The molecule has 1 aliphatic heterocycles. The summed E-state index contributed by atoms with van der Waals surface area (Å²) in [6.45, 7) is 6.30. The minimum Gasteiger partial charge on any atom is -0.373 e. The summed E-state index contributed by atoms with van der Waals surface area (Å²) in [5, 5.41) is 3.28. The second kappa shape index (κ2) is 6.03. The Morgan fingerprint density at radius 1 is 1.63 bits per heavy atom. The lowest BCUT2D eigenvalue weighted by Gasteiger charge is -2.18.